The highest BCUT2D eigenvalue weighted by molar-refractivity contribution is 9.11. The third-order valence-corrected chi connectivity index (χ3v) is 2.95. The molecule has 3 nitrogen and oxygen atoms in total. The van der Waals surface area contributed by atoms with Crippen molar-refractivity contribution in [3.05, 3.63) is 25.6 Å². The molecule has 0 aromatic heterocycles. The highest BCUT2D eigenvalue weighted by atomic mass is 79.9. The SMILES string of the molecule is COC(=O)Oc1c(Br)cc(Br)cc1Br. The second kappa shape index (κ2) is 5.14. The fraction of sp³-hybridized carbons (Fsp3) is 0.125. The van der Waals surface area contributed by atoms with E-state index in [-0.39, 0.29) is 0 Å². The van der Waals surface area contributed by atoms with Crippen molar-refractivity contribution in [1.82, 2.24) is 0 Å². The Kier molecular flexibility index (Phi) is 4.40. The van der Waals surface area contributed by atoms with Crippen LogP contribution in [0, 0.1) is 0 Å². The van der Waals surface area contributed by atoms with Crippen molar-refractivity contribution in [2.45, 2.75) is 0 Å². The molecule has 0 aliphatic carbocycles. The first-order valence-electron chi connectivity index (χ1n) is 3.45. The van der Waals surface area contributed by atoms with Crippen molar-refractivity contribution >= 4 is 53.9 Å². The maximum Gasteiger partial charge on any atom is 0.513 e. The summed E-state index contributed by atoms with van der Waals surface area (Å²) < 4.78 is 11.5. The van der Waals surface area contributed by atoms with Gasteiger partial charge >= 0.3 is 6.16 Å². The maximum atomic E-state index is 10.9. The van der Waals surface area contributed by atoms with Crippen LogP contribution in [0.25, 0.3) is 0 Å². The van der Waals surface area contributed by atoms with E-state index in [9.17, 15) is 4.79 Å². The monoisotopic (exact) mass is 386 g/mol. The fourth-order valence-electron chi connectivity index (χ4n) is 0.751. The van der Waals surface area contributed by atoms with Gasteiger partial charge < -0.3 is 9.47 Å². The van der Waals surface area contributed by atoms with Gasteiger partial charge in [0.1, 0.15) is 0 Å². The van der Waals surface area contributed by atoms with Crippen LogP contribution < -0.4 is 4.74 Å². The number of carbonyl (C=O) groups is 1. The van der Waals surface area contributed by atoms with Crippen molar-refractivity contribution in [3.63, 3.8) is 0 Å². The van der Waals surface area contributed by atoms with E-state index in [1.54, 1.807) is 12.1 Å². The van der Waals surface area contributed by atoms with Crippen molar-refractivity contribution in [2.75, 3.05) is 7.11 Å². The molecule has 0 fully saturated rings. The molecule has 0 heterocycles. The van der Waals surface area contributed by atoms with E-state index in [0.29, 0.717) is 14.7 Å². The molecule has 0 saturated heterocycles. The molecule has 1 aromatic carbocycles. The summed E-state index contributed by atoms with van der Waals surface area (Å²) in [7, 11) is 1.25. The molecule has 6 heteroatoms. The van der Waals surface area contributed by atoms with Crippen molar-refractivity contribution in [3.8, 4) is 5.75 Å². The summed E-state index contributed by atoms with van der Waals surface area (Å²) >= 11 is 9.82. The van der Waals surface area contributed by atoms with Crippen LogP contribution in [0.1, 0.15) is 0 Å². The molecule has 0 unspecified atom stereocenters. The Balaban J connectivity index is 3.02. The number of carbonyl (C=O) groups excluding carboxylic acids is 1. The molecule has 0 radical (unpaired) electrons. The first-order chi connectivity index (χ1) is 6.54. The molecule has 0 spiro atoms. The Morgan fingerprint density at radius 2 is 1.71 bits per heavy atom. The van der Waals surface area contributed by atoms with Gasteiger partial charge in [0.2, 0.25) is 0 Å². The topological polar surface area (TPSA) is 35.5 Å². The van der Waals surface area contributed by atoms with Crippen molar-refractivity contribution < 1.29 is 14.3 Å². The lowest BCUT2D eigenvalue weighted by molar-refractivity contribution is 0.121. The lowest BCUT2D eigenvalue weighted by atomic mass is 10.3. The second-order valence-corrected chi connectivity index (χ2v) is 4.88. The first-order valence-corrected chi connectivity index (χ1v) is 5.83. The van der Waals surface area contributed by atoms with Crippen molar-refractivity contribution in [2.24, 2.45) is 0 Å². The van der Waals surface area contributed by atoms with Crippen LogP contribution in [0.4, 0.5) is 4.79 Å². The van der Waals surface area contributed by atoms with Gasteiger partial charge in [-0.3, -0.25) is 0 Å². The van der Waals surface area contributed by atoms with E-state index in [1.165, 1.54) is 7.11 Å². The number of rotatable bonds is 1. The average molecular weight is 389 g/mol. The third-order valence-electron chi connectivity index (χ3n) is 1.32. The quantitative estimate of drug-likeness (QED) is 0.536. The summed E-state index contributed by atoms with van der Waals surface area (Å²) in [5.74, 6) is 0.389. The Bertz CT molecular complexity index is 342. The lowest BCUT2D eigenvalue weighted by Gasteiger charge is -2.07. The van der Waals surface area contributed by atoms with E-state index in [4.69, 9.17) is 4.74 Å². The Morgan fingerprint density at radius 3 is 2.14 bits per heavy atom. The average Bonchev–Trinajstić information content (AvgIpc) is 2.10. The zero-order valence-corrected chi connectivity index (χ0v) is 11.8. The molecule has 0 N–H and O–H groups in total. The van der Waals surface area contributed by atoms with Gasteiger partial charge in [-0.25, -0.2) is 4.79 Å². The van der Waals surface area contributed by atoms with E-state index in [0.717, 1.165) is 4.47 Å². The van der Waals surface area contributed by atoms with Gasteiger partial charge in [0.15, 0.2) is 5.75 Å². The predicted octanol–water partition coefficient (Wildman–Crippen LogP) is 4.12. The summed E-state index contributed by atoms with van der Waals surface area (Å²) in [6.45, 7) is 0. The number of methoxy groups -OCH3 is 1. The highest BCUT2D eigenvalue weighted by Gasteiger charge is 2.12. The molecule has 0 bridgehead atoms. The minimum atomic E-state index is -0.756. The number of hydrogen-bond acceptors (Lipinski definition) is 3. The van der Waals surface area contributed by atoms with Gasteiger partial charge in [-0.05, 0) is 44.0 Å². The molecule has 0 aliphatic heterocycles. The van der Waals surface area contributed by atoms with Crippen LogP contribution in [-0.2, 0) is 4.74 Å². The molecule has 1 aromatic rings. The molecular formula is C8H5Br3O3. The zero-order valence-electron chi connectivity index (χ0n) is 7.01. The molecule has 0 saturated carbocycles. The minimum absolute atomic E-state index is 0.389. The zero-order chi connectivity index (χ0) is 10.7. The predicted molar refractivity (Wildman–Crippen MR) is 62.6 cm³/mol. The summed E-state index contributed by atoms with van der Waals surface area (Å²) in [6.07, 6.45) is -0.756. The van der Waals surface area contributed by atoms with Crippen LogP contribution in [0.5, 0.6) is 5.75 Å². The largest absolute Gasteiger partial charge is 0.513 e. The number of benzene rings is 1. The molecule has 0 aliphatic rings. The van der Waals surface area contributed by atoms with Gasteiger partial charge in [-0.1, -0.05) is 15.9 Å². The van der Waals surface area contributed by atoms with Gasteiger partial charge in [-0.2, -0.15) is 0 Å². The first kappa shape index (κ1) is 12.0. The normalized spacial score (nSPS) is 9.71. The van der Waals surface area contributed by atoms with Crippen LogP contribution in [0.2, 0.25) is 0 Å². The molecular weight excluding hydrogens is 384 g/mol. The van der Waals surface area contributed by atoms with Crippen LogP contribution in [0.3, 0.4) is 0 Å². The van der Waals surface area contributed by atoms with Crippen molar-refractivity contribution in [1.29, 1.82) is 0 Å². The maximum absolute atomic E-state index is 10.9. The molecule has 0 atom stereocenters. The smallest absolute Gasteiger partial charge is 0.437 e. The standard InChI is InChI=1S/C8H5Br3O3/c1-13-8(12)14-7-5(10)2-4(9)3-6(7)11/h2-3H,1H3. The Hall–Kier alpha value is -0.0700. The molecule has 0 amide bonds. The highest BCUT2D eigenvalue weighted by Crippen LogP contribution is 2.36. The molecule has 76 valence electrons. The number of halogens is 3. The van der Waals surface area contributed by atoms with Gasteiger partial charge in [0, 0.05) is 4.47 Å². The second-order valence-electron chi connectivity index (χ2n) is 2.25. The van der Waals surface area contributed by atoms with Gasteiger partial charge in [-0.15, -0.1) is 0 Å². The van der Waals surface area contributed by atoms with E-state index < -0.39 is 6.16 Å². The van der Waals surface area contributed by atoms with E-state index in [1.807, 2.05) is 0 Å². The van der Waals surface area contributed by atoms with E-state index >= 15 is 0 Å². The molecule has 1 rings (SSSR count). The van der Waals surface area contributed by atoms with E-state index in [2.05, 4.69) is 52.5 Å². The van der Waals surface area contributed by atoms with Crippen LogP contribution in [0.15, 0.2) is 25.6 Å². The third kappa shape index (κ3) is 2.96. The Labute approximate surface area is 106 Å². The summed E-state index contributed by atoms with van der Waals surface area (Å²) in [5.41, 5.74) is 0. The van der Waals surface area contributed by atoms with Gasteiger partial charge in [0.05, 0.1) is 16.1 Å². The van der Waals surface area contributed by atoms with Gasteiger partial charge in [0.25, 0.3) is 0 Å². The van der Waals surface area contributed by atoms with Crippen LogP contribution in [-0.4, -0.2) is 13.3 Å². The summed E-state index contributed by atoms with van der Waals surface area (Å²) in [4.78, 5) is 10.9. The lowest BCUT2D eigenvalue weighted by Crippen LogP contribution is -2.08. The summed E-state index contributed by atoms with van der Waals surface area (Å²) in [6, 6.07) is 3.53. The molecule has 14 heavy (non-hydrogen) atoms. The Morgan fingerprint density at radius 1 is 1.21 bits per heavy atom. The van der Waals surface area contributed by atoms with Crippen LogP contribution >= 0.6 is 47.8 Å². The number of hydrogen-bond donors (Lipinski definition) is 0. The number of ether oxygens (including phenoxy) is 2. The summed E-state index contributed by atoms with van der Waals surface area (Å²) in [5, 5.41) is 0. The minimum Gasteiger partial charge on any atom is -0.437 e. The fourth-order valence-corrected chi connectivity index (χ4v) is 3.17.